The smallest absolute Gasteiger partial charge is 0.260 e. The average Bonchev–Trinajstić information content (AvgIpc) is 3.51. The number of anilines is 2. The Bertz CT molecular complexity index is 1230. The van der Waals surface area contributed by atoms with Gasteiger partial charge in [-0.3, -0.25) is 4.79 Å². The molecule has 0 radical (unpaired) electrons. The molecule has 1 aromatic heterocycles. The van der Waals surface area contributed by atoms with E-state index in [1.54, 1.807) is 12.1 Å². The summed E-state index contributed by atoms with van der Waals surface area (Å²) in [5.74, 6) is -0.598. The van der Waals surface area contributed by atoms with E-state index in [9.17, 15) is 15.0 Å². The van der Waals surface area contributed by atoms with Crippen LogP contribution < -0.4 is 15.0 Å². The normalized spacial score (nSPS) is 19.2. The Hall–Kier alpha value is -3.49. The fourth-order valence-corrected chi connectivity index (χ4v) is 4.34. The van der Waals surface area contributed by atoms with Gasteiger partial charge in [0.1, 0.15) is 0 Å². The number of carbonyl (C=O) groups is 1. The van der Waals surface area contributed by atoms with Gasteiger partial charge < -0.3 is 29.7 Å². The van der Waals surface area contributed by atoms with Crippen molar-refractivity contribution in [1.29, 1.82) is 0 Å². The highest BCUT2D eigenvalue weighted by atomic mass is 35.5. The van der Waals surface area contributed by atoms with Gasteiger partial charge in [0, 0.05) is 29.9 Å². The van der Waals surface area contributed by atoms with Crippen LogP contribution in [0, 0.1) is 0 Å². The standard InChI is InChI=1S/C23H20ClN3O5/c1-31-20-10-19(32-26-20)22(29)21-16-8-15(17(24)9-18(16)25-23(21)30)12-2-4-13(5-3-12)27-7-6-14(28)11-27/h2-5,8-10,14,28-29H,6-7,11H2,1H3,(H,25,30)/t14-/m0/s1. The zero-order valence-corrected chi connectivity index (χ0v) is 17.9. The molecule has 32 heavy (non-hydrogen) atoms. The van der Waals surface area contributed by atoms with E-state index in [2.05, 4.69) is 15.4 Å². The molecule has 1 saturated heterocycles. The van der Waals surface area contributed by atoms with Crippen LogP contribution in [0.25, 0.3) is 22.5 Å². The summed E-state index contributed by atoms with van der Waals surface area (Å²) < 4.78 is 10.1. The summed E-state index contributed by atoms with van der Waals surface area (Å²) in [5, 5.41) is 27.4. The molecule has 0 aliphatic carbocycles. The number of hydrogen-bond donors (Lipinski definition) is 3. The predicted octanol–water partition coefficient (Wildman–Crippen LogP) is 3.95. The van der Waals surface area contributed by atoms with E-state index in [-0.39, 0.29) is 29.1 Å². The zero-order valence-electron chi connectivity index (χ0n) is 17.1. The molecular weight excluding hydrogens is 434 g/mol. The molecule has 1 amide bonds. The number of aliphatic hydroxyl groups is 2. The number of halogens is 1. The molecule has 0 saturated carbocycles. The van der Waals surface area contributed by atoms with Crippen molar-refractivity contribution in [2.45, 2.75) is 12.5 Å². The van der Waals surface area contributed by atoms with Gasteiger partial charge in [-0.1, -0.05) is 23.7 Å². The van der Waals surface area contributed by atoms with Crippen LogP contribution in [0.5, 0.6) is 5.88 Å². The molecule has 3 heterocycles. The molecular formula is C23H20ClN3O5. The molecule has 3 N–H and O–H groups in total. The first-order valence-electron chi connectivity index (χ1n) is 10.1. The van der Waals surface area contributed by atoms with Crippen molar-refractivity contribution in [3.63, 3.8) is 0 Å². The molecule has 2 aliphatic rings. The maximum Gasteiger partial charge on any atom is 0.260 e. The molecule has 9 heteroatoms. The van der Waals surface area contributed by atoms with Crippen LogP contribution in [-0.4, -0.2) is 47.6 Å². The Morgan fingerprint density at radius 1 is 1.25 bits per heavy atom. The van der Waals surface area contributed by atoms with Gasteiger partial charge in [0.2, 0.25) is 5.76 Å². The summed E-state index contributed by atoms with van der Waals surface area (Å²) >= 11 is 6.52. The van der Waals surface area contributed by atoms with Crippen molar-refractivity contribution >= 4 is 40.2 Å². The highest BCUT2D eigenvalue weighted by Gasteiger charge is 2.31. The quantitative estimate of drug-likeness (QED) is 0.405. The minimum atomic E-state index is -0.468. The fourth-order valence-electron chi connectivity index (χ4n) is 4.07. The third-order valence-corrected chi connectivity index (χ3v) is 6.04. The highest BCUT2D eigenvalue weighted by molar-refractivity contribution is 6.38. The number of hydrogen-bond acceptors (Lipinski definition) is 7. The Kier molecular flexibility index (Phi) is 5.03. The number of aromatic nitrogens is 1. The number of aliphatic hydroxyl groups excluding tert-OH is 2. The molecule has 0 spiro atoms. The maximum absolute atomic E-state index is 12.6. The number of β-amino-alcohol motifs (C(OH)–C–C–N with tert-alkyl or cyclic N) is 1. The fraction of sp³-hybridized carbons (Fsp3) is 0.217. The van der Waals surface area contributed by atoms with Crippen LogP contribution >= 0.6 is 11.6 Å². The van der Waals surface area contributed by atoms with E-state index in [1.807, 2.05) is 24.3 Å². The topological polar surface area (TPSA) is 108 Å². The van der Waals surface area contributed by atoms with Crippen LogP contribution in [0.1, 0.15) is 17.7 Å². The van der Waals surface area contributed by atoms with Crippen molar-refractivity contribution in [1.82, 2.24) is 5.16 Å². The third-order valence-electron chi connectivity index (χ3n) is 5.73. The number of amides is 1. The van der Waals surface area contributed by atoms with Crippen LogP contribution in [-0.2, 0) is 4.79 Å². The minimum Gasteiger partial charge on any atom is -0.504 e. The average molecular weight is 454 g/mol. The van der Waals surface area contributed by atoms with Crippen LogP contribution in [0.2, 0.25) is 5.02 Å². The van der Waals surface area contributed by atoms with E-state index in [0.29, 0.717) is 22.8 Å². The van der Waals surface area contributed by atoms with E-state index in [4.69, 9.17) is 20.9 Å². The molecule has 0 unspecified atom stereocenters. The molecule has 5 rings (SSSR count). The van der Waals surface area contributed by atoms with Crippen LogP contribution in [0.4, 0.5) is 11.4 Å². The summed E-state index contributed by atoms with van der Waals surface area (Å²) in [6.45, 7) is 1.43. The van der Waals surface area contributed by atoms with Gasteiger partial charge in [0.25, 0.3) is 11.8 Å². The summed E-state index contributed by atoms with van der Waals surface area (Å²) in [6.07, 6.45) is 0.461. The summed E-state index contributed by atoms with van der Waals surface area (Å²) in [4.78, 5) is 14.7. The second-order valence-electron chi connectivity index (χ2n) is 7.72. The number of ether oxygens (including phenoxy) is 1. The van der Waals surface area contributed by atoms with E-state index >= 15 is 0 Å². The number of benzene rings is 2. The van der Waals surface area contributed by atoms with Gasteiger partial charge in [0.15, 0.2) is 5.76 Å². The summed E-state index contributed by atoms with van der Waals surface area (Å²) in [5.41, 5.74) is 3.68. The van der Waals surface area contributed by atoms with Crippen molar-refractivity contribution in [3.8, 4) is 17.0 Å². The van der Waals surface area contributed by atoms with Gasteiger partial charge in [-0.15, -0.1) is 0 Å². The van der Waals surface area contributed by atoms with E-state index < -0.39 is 5.91 Å². The van der Waals surface area contributed by atoms with Gasteiger partial charge >= 0.3 is 0 Å². The lowest BCUT2D eigenvalue weighted by atomic mass is 9.98. The number of nitrogens with zero attached hydrogens (tertiary/aromatic N) is 2. The first kappa shape index (κ1) is 20.4. The van der Waals surface area contributed by atoms with E-state index in [0.717, 1.165) is 29.8 Å². The number of methoxy groups -OCH3 is 1. The van der Waals surface area contributed by atoms with Gasteiger partial charge in [-0.2, -0.15) is 0 Å². The van der Waals surface area contributed by atoms with Crippen molar-refractivity contribution in [3.05, 3.63) is 58.8 Å². The maximum atomic E-state index is 12.6. The van der Waals surface area contributed by atoms with Crippen LogP contribution in [0.3, 0.4) is 0 Å². The van der Waals surface area contributed by atoms with Gasteiger partial charge in [-0.25, -0.2) is 0 Å². The lowest BCUT2D eigenvalue weighted by molar-refractivity contribution is -0.110. The predicted molar refractivity (Wildman–Crippen MR) is 121 cm³/mol. The first-order chi connectivity index (χ1) is 15.4. The Labute approximate surface area is 188 Å². The molecule has 164 valence electrons. The summed E-state index contributed by atoms with van der Waals surface area (Å²) in [7, 11) is 1.43. The second kappa shape index (κ2) is 7.89. The number of carbonyl (C=O) groups excluding carboxylic acids is 1. The highest BCUT2D eigenvalue weighted by Crippen LogP contribution is 2.42. The van der Waals surface area contributed by atoms with Crippen LogP contribution in [0.15, 0.2) is 47.0 Å². The third kappa shape index (κ3) is 3.47. The first-order valence-corrected chi connectivity index (χ1v) is 10.5. The molecule has 0 bridgehead atoms. The Morgan fingerprint density at radius 3 is 2.69 bits per heavy atom. The molecule has 2 aliphatic heterocycles. The molecule has 2 aromatic carbocycles. The van der Waals surface area contributed by atoms with Gasteiger partial charge in [0.05, 0.1) is 35.6 Å². The number of nitrogens with one attached hydrogen (secondary N) is 1. The number of rotatable bonds is 4. The minimum absolute atomic E-state index is 0.0218. The Balaban J connectivity index is 1.53. The summed E-state index contributed by atoms with van der Waals surface area (Å²) in [6, 6.07) is 12.7. The van der Waals surface area contributed by atoms with E-state index in [1.165, 1.54) is 13.2 Å². The lowest BCUT2D eigenvalue weighted by Gasteiger charge is -2.18. The SMILES string of the molecule is COc1cc(C(O)=C2C(=O)Nc3cc(Cl)c(-c4ccc(N5CC[C@H](O)C5)cc4)cc32)on1. The molecule has 8 nitrogen and oxygen atoms in total. The number of fused-ring (bicyclic) bond motifs is 1. The van der Waals surface area contributed by atoms with Crippen molar-refractivity contribution < 1.29 is 24.3 Å². The monoisotopic (exact) mass is 453 g/mol. The molecule has 3 aromatic rings. The zero-order chi connectivity index (χ0) is 22.4. The van der Waals surface area contributed by atoms with Crippen molar-refractivity contribution in [2.24, 2.45) is 0 Å². The Morgan fingerprint density at radius 2 is 2.03 bits per heavy atom. The molecule has 1 atom stereocenters. The van der Waals surface area contributed by atoms with Crippen molar-refractivity contribution in [2.75, 3.05) is 30.4 Å². The second-order valence-corrected chi connectivity index (χ2v) is 8.13. The molecule has 1 fully saturated rings. The largest absolute Gasteiger partial charge is 0.504 e. The van der Waals surface area contributed by atoms with Gasteiger partial charge in [-0.05, 0) is 41.4 Å². The lowest BCUT2D eigenvalue weighted by Crippen LogP contribution is -2.20.